The minimum atomic E-state index is -0.119. The van der Waals surface area contributed by atoms with Crippen LogP contribution in [0.3, 0.4) is 0 Å². The highest BCUT2D eigenvalue weighted by Crippen LogP contribution is 2.22. The molecule has 1 fully saturated rings. The number of amides is 3. The third-order valence-corrected chi connectivity index (χ3v) is 3.74. The van der Waals surface area contributed by atoms with Crippen molar-refractivity contribution in [1.82, 2.24) is 4.90 Å². The number of nitrogens with one attached hydrogen (secondary N) is 2. The lowest BCUT2D eigenvalue weighted by atomic mass is 10.0. The molecule has 0 unspecified atom stereocenters. The van der Waals surface area contributed by atoms with Crippen LogP contribution in [0.15, 0.2) is 18.2 Å². The third kappa shape index (κ3) is 4.21. The van der Waals surface area contributed by atoms with Gasteiger partial charge in [0.15, 0.2) is 0 Å². The highest BCUT2D eigenvalue weighted by atomic mass is 16.2. The Bertz CT molecular complexity index is 542. The van der Waals surface area contributed by atoms with Crippen LogP contribution in [-0.2, 0) is 4.79 Å². The lowest BCUT2D eigenvalue weighted by Gasteiger charge is -2.31. The Morgan fingerprint density at radius 1 is 1.29 bits per heavy atom. The van der Waals surface area contributed by atoms with Gasteiger partial charge in [0.2, 0.25) is 5.91 Å². The molecule has 0 spiro atoms. The molecule has 1 heterocycles. The van der Waals surface area contributed by atoms with Crippen LogP contribution in [0.1, 0.15) is 32.3 Å². The van der Waals surface area contributed by atoms with E-state index in [4.69, 9.17) is 0 Å². The van der Waals surface area contributed by atoms with Gasteiger partial charge in [-0.25, -0.2) is 4.79 Å². The summed E-state index contributed by atoms with van der Waals surface area (Å²) in [5.41, 5.74) is 2.40. The summed E-state index contributed by atoms with van der Waals surface area (Å²) in [4.78, 5) is 25.3. The predicted molar refractivity (Wildman–Crippen MR) is 84.5 cm³/mol. The molecule has 114 valence electrons. The summed E-state index contributed by atoms with van der Waals surface area (Å²) in [5.74, 6) is 0.434. The second-order valence-electron chi connectivity index (χ2n) is 5.83. The Morgan fingerprint density at radius 2 is 2.05 bits per heavy atom. The lowest BCUT2D eigenvalue weighted by molar-refractivity contribution is -0.114. The summed E-state index contributed by atoms with van der Waals surface area (Å²) >= 11 is 0. The van der Waals surface area contributed by atoms with Gasteiger partial charge in [-0.1, -0.05) is 13.0 Å². The van der Waals surface area contributed by atoms with E-state index in [-0.39, 0.29) is 11.9 Å². The normalized spacial score (nSPS) is 18.2. The number of anilines is 2. The molecule has 3 amide bonds. The lowest BCUT2D eigenvalue weighted by Crippen LogP contribution is -2.41. The summed E-state index contributed by atoms with van der Waals surface area (Å²) in [7, 11) is 0. The van der Waals surface area contributed by atoms with Gasteiger partial charge in [0, 0.05) is 31.4 Å². The number of urea groups is 1. The Balaban J connectivity index is 2.05. The van der Waals surface area contributed by atoms with Gasteiger partial charge >= 0.3 is 6.03 Å². The summed E-state index contributed by atoms with van der Waals surface area (Å²) in [6.45, 7) is 7.17. The molecule has 2 N–H and O–H groups in total. The van der Waals surface area contributed by atoms with Crippen molar-refractivity contribution in [2.24, 2.45) is 5.92 Å². The smallest absolute Gasteiger partial charge is 0.321 e. The number of aryl methyl sites for hydroxylation is 1. The van der Waals surface area contributed by atoms with Gasteiger partial charge in [0.25, 0.3) is 0 Å². The van der Waals surface area contributed by atoms with Crippen molar-refractivity contribution in [2.75, 3.05) is 23.7 Å². The number of piperidine rings is 1. The fraction of sp³-hybridized carbons (Fsp3) is 0.500. The summed E-state index contributed by atoms with van der Waals surface area (Å²) < 4.78 is 0. The third-order valence-electron chi connectivity index (χ3n) is 3.74. The zero-order chi connectivity index (χ0) is 15.4. The maximum Gasteiger partial charge on any atom is 0.321 e. The Kier molecular flexibility index (Phi) is 4.83. The van der Waals surface area contributed by atoms with Crippen molar-refractivity contribution in [3.05, 3.63) is 23.8 Å². The number of nitrogens with zero attached hydrogens (tertiary/aromatic N) is 1. The molecule has 1 aliphatic rings. The molecule has 21 heavy (non-hydrogen) atoms. The molecule has 1 aromatic carbocycles. The van der Waals surface area contributed by atoms with Gasteiger partial charge in [-0.3, -0.25) is 4.79 Å². The van der Waals surface area contributed by atoms with E-state index >= 15 is 0 Å². The number of benzene rings is 1. The molecular weight excluding hydrogens is 266 g/mol. The van der Waals surface area contributed by atoms with Crippen molar-refractivity contribution >= 4 is 23.3 Å². The van der Waals surface area contributed by atoms with E-state index in [0.717, 1.165) is 30.8 Å². The Hall–Kier alpha value is -2.04. The molecule has 5 heteroatoms. The largest absolute Gasteiger partial charge is 0.326 e. The average molecular weight is 289 g/mol. The fourth-order valence-electron chi connectivity index (χ4n) is 2.60. The van der Waals surface area contributed by atoms with E-state index in [1.165, 1.54) is 13.3 Å². The van der Waals surface area contributed by atoms with Gasteiger partial charge in [0.1, 0.15) is 0 Å². The predicted octanol–water partition coefficient (Wildman–Crippen LogP) is 3.22. The van der Waals surface area contributed by atoms with E-state index in [9.17, 15) is 9.59 Å². The fourth-order valence-corrected chi connectivity index (χ4v) is 2.60. The summed E-state index contributed by atoms with van der Waals surface area (Å²) in [6, 6.07) is 5.47. The van der Waals surface area contributed by atoms with Gasteiger partial charge in [0.05, 0.1) is 0 Å². The standard InChI is InChI=1S/C16H23N3O2/c1-11-5-4-8-19(10-11)16(21)18-14-7-6-12(2)15(9-14)17-13(3)20/h6-7,9,11H,4-5,8,10H2,1-3H3,(H,17,20)(H,18,21)/t11-/m0/s1. The first-order valence-electron chi connectivity index (χ1n) is 7.40. The Labute approximate surface area is 125 Å². The summed E-state index contributed by atoms with van der Waals surface area (Å²) in [5, 5.41) is 5.68. The minimum absolute atomic E-state index is 0.0702. The quantitative estimate of drug-likeness (QED) is 0.878. The maximum atomic E-state index is 12.3. The molecule has 1 saturated heterocycles. The van der Waals surface area contributed by atoms with Gasteiger partial charge in [-0.2, -0.15) is 0 Å². The van der Waals surface area contributed by atoms with Crippen LogP contribution in [0.5, 0.6) is 0 Å². The van der Waals surface area contributed by atoms with E-state index in [1.807, 2.05) is 24.0 Å². The first-order chi connectivity index (χ1) is 9.95. The first-order valence-corrected chi connectivity index (χ1v) is 7.40. The van der Waals surface area contributed by atoms with Gasteiger partial charge < -0.3 is 15.5 Å². The monoisotopic (exact) mass is 289 g/mol. The van der Waals surface area contributed by atoms with Crippen LogP contribution in [0, 0.1) is 12.8 Å². The van der Waals surface area contributed by atoms with E-state index in [0.29, 0.717) is 11.6 Å². The number of carbonyl (C=O) groups is 2. The van der Waals surface area contributed by atoms with Crippen LogP contribution >= 0.6 is 0 Å². The zero-order valence-corrected chi connectivity index (χ0v) is 12.9. The molecule has 1 aliphatic heterocycles. The molecule has 5 nitrogen and oxygen atoms in total. The maximum absolute atomic E-state index is 12.3. The molecule has 1 aromatic rings. The summed E-state index contributed by atoms with van der Waals surface area (Å²) in [6.07, 6.45) is 2.24. The van der Waals surface area contributed by atoms with Gasteiger partial charge in [-0.15, -0.1) is 0 Å². The van der Waals surface area contributed by atoms with Crippen LogP contribution in [-0.4, -0.2) is 29.9 Å². The second-order valence-corrected chi connectivity index (χ2v) is 5.83. The van der Waals surface area contributed by atoms with Crippen molar-refractivity contribution in [1.29, 1.82) is 0 Å². The molecule has 0 aromatic heterocycles. The number of carbonyl (C=O) groups excluding carboxylic acids is 2. The molecule has 1 atom stereocenters. The molecule has 0 saturated carbocycles. The van der Waals surface area contributed by atoms with Crippen LogP contribution in [0.25, 0.3) is 0 Å². The highest BCUT2D eigenvalue weighted by molar-refractivity contribution is 5.93. The van der Waals surface area contributed by atoms with E-state index < -0.39 is 0 Å². The van der Waals surface area contributed by atoms with Crippen LogP contribution < -0.4 is 10.6 Å². The van der Waals surface area contributed by atoms with Crippen LogP contribution in [0.4, 0.5) is 16.2 Å². The molecule has 0 radical (unpaired) electrons. The van der Waals surface area contributed by atoms with Crippen molar-refractivity contribution in [3.8, 4) is 0 Å². The molecule has 0 aliphatic carbocycles. The minimum Gasteiger partial charge on any atom is -0.326 e. The molecule has 2 rings (SSSR count). The van der Waals surface area contributed by atoms with E-state index in [2.05, 4.69) is 17.6 Å². The number of likely N-dealkylation sites (tertiary alicyclic amines) is 1. The molecular formula is C16H23N3O2. The highest BCUT2D eigenvalue weighted by Gasteiger charge is 2.20. The van der Waals surface area contributed by atoms with Gasteiger partial charge in [-0.05, 0) is 43.4 Å². The van der Waals surface area contributed by atoms with Crippen molar-refractivity contribution in [3.63, 3.8) is 0 Å². The Morgan fingerprint density at radius 3 is 2.71 bits per heavy atom. The number of rotatable bonds is 2. The number of hydrogen-bond acceptors (Lipinski definition) is 2. The second kappa shape index (κ2) is 6.61. The topological polar surface area (TPSA) is 61.4 Å². The first kappa shape index (κ1) is 15.4. The SMILES string of the molecule is CC(=O)Nc1cc(NC(=O)N2CCC[C@H](C)C2)ccc1C. The molecule has 0 bridgehead atoms. The number of hydrogen-bond donors (Lipinski definition) is 2. The van der Waals surface area contributed by atoms with E-state index in [1.54, 1.807) is 6.07 Å². The van der Waals surface area contributed by atoms with Crippen LogP contribution in [0.2, 0.25) is 0 Å². The van der Waals surface area contributed by atoms with Crippen molar-refractivity contribution < 1.29 is 9.59 Å². The zero-order valence-electron chi connectivity index (χ0n) is 12.9. The average Bonchev–Trinajstić information content (AvgIpc) is 2.42. The van der Waals surface area contributed by atoms with Crippen molar-refractivity contribution in [2.45, 2.75) is 33.6 Å².